The molecule has 1 aromatic carbocycles. The van der Waals surface area contributed by atoms with Crippen LogP contribution in [0.25, 0.3) is 0 Å². The highest BCUT2D eigenvalue weighted by molar-refractivity contribution is 5.27. The van der Waals surface area contributed by atoms with Crippen molar-refractivity contribution in [3.63, 3.8) is 0 Å². The van der Waals surface area contributed by atoms with E-state index in [9.17, 15) is 9.50 Å². The molecule has 0 amide bonds. The molecule has 0 aliphatic carbocycles. The number of hydrogen-bond donors (Lipinski definition) is 1. The Bertz CT molecular complexity index is 339. The van der Waals surface area contributed by atoms with E-state index in [1.54, 1.807) is 6.07 Å². The van der Waals surface area contributed by atoms with Gasteiger partial charge in [0.25, 0.3) is 0 Å². The van der Waals surface area contributed by atoms with E-state index in [0.717, 1.165) is 11.1 Å². The summed E-state index contributed by atoms with van der Waals surface area (Å²) in [5, 5.41) is 9.87. The Kier molecular flexibility index (Phi) is 4.90. The molecule has 1 aromatic rings. The molecule has 2 atom stereocenters. The van der Waals surface area contributed by atoms with Crippen molar-refractivity contribution in [3.05, 3.63) is 35.1 Å². The van der Waals surface area contributed by atoms with Crippen LogP contribution in [0.4, 0.5) is 4.39 Å². The molecule has 0 aliphatic rings. The Labute approximate surface area is 96.1 Å². The lowest BCUT2D eigenvalue weighted by Crippen LogP contribution is -2.28. The fourth-order valence-electron chi connectivity index (χ4n) is 1.63. The molecule has 0 fully saturated rings. The van der Waals surface area contributed by atoms with Crippen LogP contribution in [-0.4, -0.2) is 23.9 Å². The maximum absolute atomic E-state index is 13.0. The molecule has 0 radical (unpaired) electrons. The smallest absolute Gasteiger partial charge is 0.123 e. The molecule has 2 unspecified atom stereocenters. The average Bonchev–Trinajstić information content (AvgIpc) is 2.23. The Morgan fingerprint density at radius 1 is 1.44 bits per heavy atom. The number of ether oxygens (including phenoxy) is 1. The SMILES string of the molecule is CCOC(C)C(O)Cc1cc(F)ccc1C. The molecule has 90 valence electrons. The summed E-state index contributed by atoms with van der Waals surface area (Å²) < 4.78 is 18.3. The van der Waals surface area contributed by atoms with Crippen molar-refractivity contribution in [2.75, 3.05) is 6.61 Å². The van der Waals surface area contributed by atoms with Crippen molar-refractivity contribution in [1.29, 1.82) is 0 Å². The Balaban J connectivity index is 2.68. The van der Waals surface area contributed by atoms with Crippen molar-refractivity contribution in [2.24, 2.45) is 0 Å². The molecule has 1 N–H and O–H groups in total. The molecule has 0 aromatic heterocycles. The van der Waals surface area contributed by atoms with E-state index < -0.39 is 6.10 Å². The second-order valence-corrected chi connectivity index (χ2v) is 4.00. The molecule has 3 heteroatoms. The van der Waals surface area contributed by atoms with E-state index in [1.165, 1.54) is 12.1 Å². The van der Waals surface area contributed by atoms with Gasteiger partial charge in [-0.3, -0.25) is 0 Å². The number of aliphatic hydroxyl groups is 1. The van der Waals surface area contributed by atoms with Crippen molar-refractivity contribution in [1.82, 2.24) is 0 Å². The van der Waals surface area contributed by atoms with Gasteiger partial charge in [0.15, 0.2) is 0 Å². The van der Waals surface area contributed by atoms with Crippen molar-refractivity contribution >= 4 is 0 Å². The number of aryl methyl sites for hydroxylation is 1. The highest BCUT2D eigenvalue weighted by atomic mass is 19.1. The van der Waals surface area contributed by atoms with E-state index in [0.29, 0.717) is 13.0 Å². The van der Waals surface area contributed by atoms with Crippen LogP contribution in [0.2, 0.25) is 0 Å². The van der Waals surface area contributed by atoms with Gasteiger partial charge < -0.3 is 9.84 Å². The van der Waals surface area contributed by atoms with Gasteiger partial charge in [0, 0.05) is 13.0 Å². The molecule has 0 saturated carbocycles. The molecule has 0 spiro atoms. The molecule has 0 heterocycles. The number of rotatable bonds is 5. The first-order valence-corrected chi connectivity index (χ1v) is 5.59. The van der Waals surface area contributed by atoms with Gasteiger partial charge in [-0.2, -0.15) is 0 Å². The molecular weight excluding hydrogens is 207 g/mol. The summed E-state index contributed by atoms with van der Waals surface area (Å²) in [6.07, 6.45) is -0.404. The number of hydrogen-bond acceptors (Lipinski definition) is 2. The number of aliphatic hydroxyl groups excluding tert-OH is 1. The summed E-state index contributed by atoms with van der Waals surface area (Å²) in [6.45, 7) is 6.19. The maximum Gasteiger partial charge on any atom is 0.123 e. The summed E-state index contributed by atoms with van der Waals surface area (Å²) in [5.41, 5.74) is 1.82. The summed E-state index contributed by atoms with van der Waals surface area (Å²) in [7, 11) is 0. The van der Waals surface area contributed by atoms with Crippen LogP contribution in [0, 0.1) is 12.7 Å². The fourth-order valence-corrected chi connectivity index (χ4v) is 1.63. The lowest BCUT2D eigenvalue weighted by Gasteiger charge is -2.19. The largest absolute Gasteiger partial charge is 0.390 e. The third-order valence-corrected chi connectivity index (χ3v) is 2.71. The van der Waals surface area contributed by atoms with E-state index >= 15 is 0 Å². The Morgan fingerprint density at radius 3 is 2.75 bits per heavy atom. The normalized spacial score (nSPS) is 14.8. The zero-order valence-electron chi connectivity index (χ0n) is 10.0. The predicted octanol–water partition coefficient (Wildman–Crippen LogP) is 2.46. The van der Waals surface area contributed by atoms with Crippen LogP contribution in [-0.2, 0) is 11.2 Å². The lowest BCUT2D eigenvalue weighted by molar-refractivity contribution is -0.0208. The minimum atomic E-state index is -0.597. The minimum absolute atomic E-state index is 0.229. The van der Waals surface area contributed by atoms with E-state index in [-0.39, 0.29) is 11.9 Å². The number of benzene rings is 1. The van der Waals surface area contributed by atoms with Crippen LogP contribution in [0.1, 0.15) is 25.0 Å². The summed E-state index contributed by atoms with van der Waals surface area (Å²) >= 11 is 0. The molecule has 0 saturated heterocycles. The molecule has 0 bridgehead atoms. The highest BCUT2D eigenvalue weighted by Crippen LogP contribution is 2.14. The minimum Gasteiger partial charge on any atom is -0.390 e. The average molecular weight is 226 g/mol. The zero-order valence-corrected chi connectivity index (χ0v) is 10.0. The maximum atomic E-state index is 13.0. The van der Waals surface area contributed by atoms with Crippen molar-refractivity contribution < 1.29 is 14.2 Å². The third kappa shape index (κ3) is 3.58. The number of halogens is 1. The van der Waals surface area contributed by atoms with Gasteiger partial charge in [0.1, 0.15) is 5.82 Å². The van der Waals surface area contributed by atoms with Crippen LogP contribution in [0.5, 0.6) is 0 Å². The van der Waals surface area contributed by atoms with Gasteiger partial charge in [0.05, 0.1) is 12.2 Å². The van der Waals surface area contributed by atoms with Gasteiger partial charge >= 0.3 is 0 Å². The molecule has 0 aliphatic heterocycles. The van der Waals surface area contributed by atoms with Gasteiger partial charge in [-0.25, -0.2) is 4.39 Å². The third-order valence-electron chi connectivity index (χ3n) is 2.71. The first kappa shape index (κ1) is 13.1. The van der Waals surface area contributed by atoms with Gasteiger partial charge in [-0.05, 0) is 44.0 Å². The second kappa shape index (κ2) is 5.97. The first-order valence-electron chi connectivity index (χ1n) is 5.59. The van der Waals surface area contributed by atoms with E-state index in [1.807, 2.05) is 20.8 Å². The fraction of sp³-hybridized carbons (Fsp3) is 0.538. The van der Waals surface area contributed by atoms with E-state index in [4.69, 9.17) is 4.74 Å². The van der Waals surface area contributed by atoms with Gasteiger partial charge in [-0.1, -0.05) is 6.07 Å². The lowest BCUT2D eigenvalue weighted by atomic mass is 10.00. The summed E-state index contributed by atoms with van der Waals surface area (Å²) in [6, 6.07) is 4.62. The molecular formula is C13H19FO2. The van der Waals surface area contributed by atoms with Crippen LogP contribution in [0.15, 0.2) is 18.2 Å². The van der Waals surface area contributed by atoms with Crippen molar-refractivity contribution in [2.45, 2.75) is 39.4 Å². The van der Waals surface area contributed by atoms with Crippen LogP contribution < -0.4 is 0 Å². The predicted molar refractivity (Wildman–Crippen MR) is 61.9 cm³/mol. The topological polar surface area (TPSA) is 29.5 Å². The van der Waals surface area contributed by atoms with Crippen molar-refractivity contribution in [3.8, 4) is 0 Å². The van der Waals surface area contributed by atoms with Gasteiger partial charge in [0.2, 0.25) is 0 Å². The van der Waals surface area contributed by atoms with Gasteiger partial charge in [-0.15, -0.1) is 0 Å². The zero-order chi connectivity index (χ0) is 12.1. The highest BCUT2D eigenvalue weighted by Gasteiger charge is 2.16. The monoisotopic (exact) mass is 226 g/mol. The van der Waals surface area contributed by atoms with Crippen LogP contribution in [0.3, 0.4) is 0 Å². The molecule has 1 rings (SSSR count). The second-order valence-electron chi connectivity index (χ2n) is 4.00. The Hall–Kier alpha value is -0.930. The summed E-state index contributed by atoms with van der Waals surface area (Å²) in [4.78, 5) is 0. The standard InChI is InChI=1S/C13H19FO2/c1-4-16-10(3)13(15)8-11-7-12(14)6-5-9(11)2/h5-7,10,13,15H,4,8H2,1-3H3. The molecule has 16 heavy (non-hydrogen) atoms. The first-order chi connectivity index (χ1) is 7.54. The van der Waals surface area contributed by atoms with E-state index in [2.05, 4.69) is 0 Å². The quantitative estimate of drug-likeness (QED) is 0.835. The van der Waals surface area contributed by atoms with Crippen LogP contribution >= 0.6 is 0 Å². The molecule has 2 nitrogen and oxygen atoms in total. The Morgan fingerprint density at radius 2 is 2.12 bits per heavy atom. The summed E-state index contributed by atoms with van der Waals surface area (Å²) in [5.74, 6) is -0.267.